The van der Waals surface area contributed by atoms with Crippen LogP contribution in [0.25, 0.3) is 10.9 Å². The van der Waals surface area contributed by atoms with Gasteiger partial charge in [-0.2, -0.15) is 13.2 Å². The van der Waals surface area contributed by atoms with Crippen LogP contribution in [-0.4, -0.2) is 15.0 Å². The molecule has 1 aromatic carbocycles. The van der Waals surface area contributed by atoms with Crippen molar-refractivity contribution in [2.24, 2.45) is 0 Å². The van der Waals surface area contributed by atoms with E-state index in [-0.39, 0.29) is 5.95 Å². The summed E-state index contributed by atoms with van der Waals surface area (Å²) in [5.74, 6) is 0.0652. The van der Waals surface area contributed by atoms with Crippen molar-refractivity contribution in [2.45, 2.75) is 6.18 Å². The summed E-state index contributed by atoms with van der Waals surface area (Å²) in [6.07, 6.45) is -1.44. The van der Waals surface area contributed by atoms with Crippen LogP contribution >= 0.6 is 11.6 Å². The molecule has 0 bridgehead atoms. The molecule has 0 unspecified atom stereocenters. The first-order chi connectivity index (χ1) is 10.4. The fraction of sp³-hybridized carbons (Fsp3) is 0.0714. The van der Waals surface area contributed by atoms with Crippen LogP contribution in [0.4, 0.5) is 24.8 Å². The molecule has 112 valence electrons. The van der Waals surface area contributed by atoms with Gasteiger partial charge >= 0.3 is 6.18 Å². The van der Waals surface area contributed by atoms with Crippen molar-refractivity contribution in [1.82, 2.24) is 15.0 Å². The van der Waals surface area contributed by atoms with Crippen molar-refractivity contribution < 1.29 is 13.2 Å². The molecule has 0 saturated heterocycles. The highest BCUT2D eigenvalue weighted by atomic mass is 35.5. The Morgan fingerprint density at radius 1 is 1.00 bits per heavy atom. The van der Waals surface area contributed by atoms with Gasteiger partial charge in [0.2, 0.25) is 5.95 Å². The second-order valence-corrected chi connectivity index (χ2v) is 4.87. The summed E-state index contributed by atoms with van der Waals surface area (Å²) in [5, 5.41) is 4.18. The van der Waals surface area contributed by atoms with Gasteiger partial charge in [0.1, 0.15) is 0 Å². The van der Waals surface area contributed by atoms with Crippen molar-refractivity contribution >= 4 is 34.1 Å². The van der Waals surface area contributed by atoms with Crippen LogP contribution < -0.4 is 5.32 Å². The van der Waals surface area contributed by atoms with E-state index < -0.39 is 11.7 Å². The highest BCUT2D eigenvalue weighted by Gasteiger charge is 2.31. The second-order valence-electron chi connectivity index (χ2n) is 4.44. The second kappa shape index (κ2) is 5.42. The molecule has 22 heavy (non-hydrogen) atoms. The van der Waals surface area contributed by atoms with Gasteiger partial charge in [0.15, 0.2) is 0 Å². The Bertz CT molecular complexity index is 818. The normalized spacial score (nSPS) is 11.6. The molecule has 4 nitrogen and oxygen atoms in total. The fourth-order valence-electron chi connectivity index (χ4n) is 1.89. The van der Waals surface area contributed by atoms with E-state index in [2.05, 4.69) is 20.3 Å². The highest BCUT2D eigenvalue weighted by molar-refractivity contribution is 6.31. The van der Waals surface area contributed by atoms with Gasteiger partial charge in [0.25, 0.3) is 0 Å². The number of nitrogens with one attached hydrogen (secondary N) is 1. The zero-order chi connectivity index (χ0) is 15.7. The van der Waals surface area contributed by atoms with Gasteiger partial charge < -0.3 is 5.32 Å². The van der Waals surface area contributed by atoms with E-state index in [1.165, 1.54) is 0 Å². The number of aromatic nitrogens is 3. The van der Waals surface area contributed by atoms with Crippen molar-refractivity contribution in [3.8, 4) is 0 Å². The molecule has 0 aliphatic heterocycles. The van der Waals surface area contributed by atoms with Gasteiger partial charge in [-0.25, -0.2) is 9.97 Å². The molecule has 3 rings (SSSR count). The van der Waals surface area contributed by atoms with Crippen molar-refractivity contribution in [1.29, 1.82) is 0 Å². The third kappa shape index (κ3) is 2.94. The number of halogens is 4. The molecule has 0 fully saturated rings. The Morgan fingerprint density at radius 3 is 2.41 bits per heavy atom. The lowest BCUT2D eigenvalue weighted by atomic mass is 10.2. The van der Waals surface area contributed by atoms with E-state index in [1.54, 1.807) is 30.5 Å². The lowest BCUT2D eigenvalue weighted by molar-refractivity contribution is -0.138. The minimum absolute atomic E-state index is 0.0652. The summed E-state index contributed by atoms with van der Waals surface area (Å²) in [7, 11) is 0. The molecule has 0 aliphatic rings. The van der Waals surface area contributed by atoms with E-state index in [0.717, 1.165) is 17.8 Å². The SMILES string of the molecule is FC(F)(F)c1cnc(Nc2ccnc3cc(Cl)ccc23)nc1. The summed E-state index contributed by atoms with van der Waals surface area (Å²) in [6.45, 7) is 0. The third-order valence-corrected chi connectivity index (χ3v) is 3.17. The molecule has 2 heterocycles. The molecule has 0 spiro atoms. The molecule has 0 amide bonds. The van der Waals surface area contributed by atoms with E-state index in [4.69, 9.17) is 11.6 Å². The molecule has 0 aliphatic carbocycles. The van der Waals surface area contributed by atoms with Crippen LogP contribution in [0.5, 0.6) is 0 Å². The smallest absolute Gasteiger partial charge is 0.323 e. The molecule has 8 heteroatoms. The Labute approximate surface area is 128 Å². The summed E-state index contributed by atoms with van der Waals surface area (Å²) >= 11 is 5.90. The molecular formula is C14H8ClF3N4. The number of pyridine rings is 1. The Balaban J connectivity index is 1.93. The number of anilines is 2. The minimum atomic E-state index is -4.46. The summed E-state index contributed by atoms with van der Waals surface area (Å²) in [6, 6.07) is 6.83. The van der Waals surface area contributed by atoms with Gasteiger partial charge in [-0.1, -0.05) is 11.6 Å². The van der Waals surface area contributed by atoms with Crippen molar-refractivity contribution in [2.75, 3.05) is 5.32 Å². The zero-order valence-electron chi connectivity index (χ0n) is 10.9. The van der Waals surface area contributed by atoms with E-state index in [9.17, 15) is 13.2 Å². The maximum absolute atomic E-state index is 12.5. The van der Waals surface area contributed by atoms with Crippen LogP contribution in [0.3, 0.4) is 0 Å². The Morgan fingerprint density at radius 2 is 1.73 bits per heavy atom. The number of nitrogens with zero attached hydrogens (tertiary/aromatic N) is 3. The Kier molecular flexibility index (Phi) is 3.58. The van der Waals surface area contributed by atoms with Gasteiger partial charge in [0, 0.05) is 29.0 Å². The minimum Gasteiger partial charge on any atom is -0.323 e. The van der Waals surface area contributed by atoms with E-state index in [0.29, 0.717) is 16.2 Å². The largest absolute Gasteiger partial charge is 0.419 e. The lowest BCUT2D eigenvalue weighted by Crippen LogP contribution is -2.07. The van der Waals surface area contributed by atoms with Crippen LogP contribution in [-0.2, 0) is 6.18 Å². The van der Waals surface area contributed by atoms with Gasteiger partial charge in [-0.15, -0.1) is 0 Å². The van der Waals surface area contributed by atoms with Crippen molar-refractivity contribution in [3.63, 3.8) is 0 Å². The molecule has 0 radical (unpaired) electrons. The molecular weight excluding hydrogens is 317 g/mol. The number of fused-ring (bicyclic) bond motifs is 1. The lowest BCUT2D eigenvalue weighted by Gasteiger charge is -2.09. The predicted octanol–water partition coefficient (Wildman–Crippen LogP) is 4.44. The van der Waals surface area contributed by atoms with E-state index in [1.807, 2.05) is 0 Å². The van der Waals surface area contributed by atoms with Gasteiger partial charge in [-0.05, 0) is 24.3 Å². The number of benzene rings is 1. The predicted molar refractivity (Wildman–Crippen MR) is 77.1 cm³/mol. The monoisotopic (exact) mass is 324 g/mol. The highest BCUT2D eigenvalue weighted by Crippen LogP contribution is 2.29. The maximum atomic E-state index is 12.5. The third-order valence-electron chi connectivity index (χ3n) is 2.93. The Hall–Kier alpha value is -2.41. The van der Waals surface area contributed by atoms with Crippen molar-refractivity contribution in [3.05, 3.63) is 53.4 Å². The van der Waals surface area contributed by atoms with Crippen LogP contribution in [0, 0.1) is 0 Å². The number of hydrogen-bond donors (Lipinski definition) is 1. The number of rotatable bonds is 2. The number of alkyl halides is 3. The zero-order valence-corrected chi connectivity index (χ0v) is 11.7. The average molecular weight is 325 g/mol. The van der Waals surface area contributed by atoms with Gasteiger partial charge in [0.05, 0.1) is 16.8 Å². The summed E-state index contributed by atoms with van der Waals surface area (Å²) in [5.41, 5.74) is 0.384. The standard InChI is InChI=1S/C14H8ClF3N4/c15-9-1-2-10-11(3-4-19-12(10)5-9)22-13-20-6-8(7-21-13)14(16,17)18/h1-7H,(H,19,20,21,22). The van der Waals surface area contributed by atoms with Crippen LogP contribution in [0.1, 0.15) is 5.56 Å². The first-order valence-corrected chi connectivity index (χ1v) is 6.52. The summed E-state index contributed by atoms with van der Waals surface area (Å²) in [4.78, 5) is 11.5. The van der Waals surface area contributed by atoms with Crippen LogP contribution in [0.15, 0.2) is 42.9 Å². The molecule has 0 atom stereocenters. The fourth-order valence-corrected chi connectivity index (χ4v) is 2.06. The van der Waals surface area contributed by atoms with E-state index >= 15 is 0 Å². The van der Waals surface area contributed by atoms with Gasteiger partial charge in [-0.3, -0.25) is 4.98 Å². The quantitative estimate of drug-likeness (QED) is 0.757. The topological polar surface area (TPSA) is 50.7 Å². The molecule has 0 saturated carbocycles. The van der Waals surface area contributed by atoms with Crippen LogP contribution in [0.2, 0.25) is 5.02 Å². The molecule has 1 N–H and O–H groups in total. The molecule has 3 aromatic rings. The summed E-state index contributed by atoms with van der Waals surface area (Å²) < 4.78 is 37.4. The first kappa shape index (κ1) is 14.5. The first-order valence-electron chi connectivity index (χ1n) is 6.14. The molecule has 2 aromatic heterocycles. The maximum Gasteiger partial charge on any atom is 0.419 e. The number of hydrogen-bond acceptors (Lipinski definition) is 4. The average Bonchev–Trinajstić information content (AvgIpc) is 2.47.